The molecule has 0 bridgehead atoms. The van der Waals surface area contributed by atoms with Crippen molar-refractivity contribution in [2.24, 2.45) is 0 Å². The van der Waals surface area contributed by atoms with Gasteiger partial charge in [0.05, 0.1) is 18.7 Å². The number of rotatable bonds is 7. The smallest absolute Gasteiger partial charge is 0.255 e. The van der Waals surface area contributed by atoms with Crippen LogP contribution in [-0.4, -0.2) is 48.6 Å². The van der Waals surface area contributed by atoms with Crippen LogP contribution in [0.15, 0.2) is 34.8 Å². The number of methoxy groups -OCH3 is 1. The Labute approximate surface area is 154 Å². The lowest BCUT2D eigenvalue weighted by Gasteiger charge is -2.22. The number of hydrogen-bond acceptors (Lipinski definition) is 2. The quantitative estimate of drug-likeness (QED) is 0.679. The van der Waals surface area contributed by atoms with E-state index in [-0.39, 0.29) is 13.2 Å². The van der Waals surface area contributed by atoms with Crippen LogP contribution in [-0.2, 0) is 4.74 Å². The Morgan fingerprint density at radius 3 is 2.48 bits per heavy atom. The van der Waals surface area contributed by atoms with Crippen LogP contribution in [0.2, 0.25) is 0 Å². The van der Waals surface area contributed by atoms with Crippen molar-refractivity contribution in [3.05, 3.63) is 51.8 Å². The SMILES string of the molecule is COCCN(CC(F)F)C(=O)c1cc(C)n(-c2ccc(Br)cc2)c1C. The number of benzene rings is 1. The Balaban J connectivity index is 2.36. The maximum absolute atomic E-state index is 12.8. The first-order valence-corrected chi connectivity index (χ1v) is 8.65. The summed E-state index contributed by atoms with van der Waals surface area (Å²) in [5.41, 5.74) is 2.93. The molecule has 0 aliphatic carbocycles. The van der Waals surface area contributed by atoms with Gasteiger partial charge in [0.25, 0.3) is 12.3 Å². The fraction of sp³-hybridized carbons (Fsp3) is 0.389. The van der Waals surface area contributed by atoms with Crippen LogP contribution in [0.1, 0.15) is 21.7 Å². The molecule has 4 nitrogen and oxygen atoms in total. The molecule has 1 aromatic carbocycles. The van der Waals surface area contributed by atoms with E-state index in [4.69, 9.17) is 4.74 Å². The van der Waals surface area contributed by atoms with E-state index in [2.05, 4.69) is 15.9 Å². The molecule has 136 valence electrons. The van der Waals surface area contributed by atoms with E-state index in [1.807, 2.05) is 42.7 Å². The number of halogens is 3. The predicted octanol–water partition coefficient (Wildman–Crippen LogP) is 4.21. The highest BCUT2D eigenvalue weighted by molar-refractivity contribution is 9.10. The van der Waals surface area contributed by atoms with Crippen LogP contribution in [0.5, 0.6) is 0 Å². The predicted molar refractivity (Wildman–Crippen MR) is 96.7 cm³/mol. The molecule has 0 saturated heterocycles. The number of aryl methyl sites for hydroxylation is 1. The Kier molecular flexibility index (Phi) is 6.72. The van der Waals surface area contributed by atoms with Crippen LogP contribution in [0.4, 0.5) is 8.78 Å². The molecular weight excluding hydrogens is 394 g/mol. The molecule has 2 aromatic rings. The summed E-state index contributed by atoms with van der Waals surface area (Å²) in [6.45, 7) is 3.44. The van der Waals surface area contributed by atoms with Crippen molar-refractivity contribution in [3.8, 4) is 5.69 Å². The molecule has 0 aliphatic heterocycles. The van der Waals surface area contributed by atoms with Crippen LogP contribution in [0.3, 0.4) is 0 Å². The molecule has 25 heavy (non-hydrogen) atoms. The van der Waals surface area contributed by atoms with E-state index in [1.165, 1.54) is 7.11 Å². The number of nitrogens with zero attached hydrogens (tertiary/aromatic N) is 2. The van der Waals surface area contributed by atoms with Gasteiger partial charge in [0.1, 0.15) is 0 Å². The number of alkyl halides is 2. The topological polar surface area (TPSA) is 34.5 Å². The molecule has 0 fully saturated rings. The zero-order valence-corrected chi connectivity index (χ0v) is 16.0. The molecule has 0 spiro atoms. The van der Waals surface area contributed by atoms with E-state index in [1.54, 1.807) is 6.07 Å². The van der Waals surface area contributed by atoms with Gasteiger partial charge < -0.3 is 14.2 Å². The van der Waals surface area contributed by atoms with E-state index < -0.39 is 18.9 Å². The average molecular weight is 415 g/mol. The number of hydrogen-bond donors (Lipinski definition) is 0. The lowest BCUT2D eigenvalue weighted by Crippen LogP contribution is -2.37. The van der Waals surface area contributed by atoms with E-state index in [0.29, 0.717) is 5.56 Å². The summed E-state index contributed by atoms with van der Waals surface area (Å²) in [5.74, 6) is -0.409. The van der Waals surface area contributed by atoms with Crippen LogP contribution >= 0.6 is 15.9 Å². The summed E-state index contributed by atoms with van der Waals surface area (Å²) in [5, 5.41) is 0. The van der Waals surface area contributed by atoms with Gasteiger partial charge in [0, 0.05) is 35.2 Å². The van der Waals surface area contributed by atoms with Gasteiger partial charge in [-0.25, -0.2) is 8.78 Å². The molecule has 1 aromatic heterocycles. The molecule has 0 N–H and O–H groups in total. The highest BCUT2D eigenvalue weighted by atomic mass is 79.9. The molecular formula is C18H21BrF2N2O2. The third-order valence-corrected chi connectivity index (χ3v) is 4.49. The number of amides is 1. The normalized spacial score (nSPS) is 11.2. The molecule has 7 heteroatoms. The monoisotopic (exact) mass is 414 g/mol. The summed E-state index contributed by atoms with van der Waals surface area (Å²) in [6.07, 6.45) is -2.59. The second-order valence-electron chi connectivity index (χ2n) is 5.73. The van der Waals surface area contributed by atoms with Gasteiger partial charge in [-0.1, -0.05) is 15.9 Å². The summed E-state index contributed by atoms with van der Waals surface area (Å²) < 4.78 is 33.5. The first-order chi connectivity index (χ1) is 11.8. The minimum atomic E-state index is -2.59. The highest BCUT2D eigenvalue weighted by Crippen LogP contribution is 2.23. The maximum Gasteiger partial charge on any atom is 0.255 e. The van der Waals surface area contributed by atoms with Gasteiger partial charge >= 0.3 is 0 Å². The first kappa shape index (κ1) is 19.6. The van der Waals surface area contributed by atoms with Crippen LogP contribution < -0.4 is 0 Å². The summed E-state index contributed by atoms with van der Waals surface area (Å²) in [4.78, 5) is 13.9. The fourth-order valence-electron chi connectivity index (χ4n) is 2.78. The second-order valence-corrected chi connectivity index (χ2v) is 6.65. The third kappa shape index (κ3) is 4.67. The second kappa shape index (κ2) is 8.58. The average Bonchev–Trinajstić information content (AvgIpc) is 2.86. The van der Waals surface area contributed by atoms with Crippen LogP contribution in [0.25, 0.3) is 5.69 Å². The van der Waals surface area contributed by atoms with Gasteiger partial charge in [-0.2, -0.15) is 0 Å². The van der Waals surface area contributed by atoms with Crippen molar-refractivity contribution in [2.75, 3.05) is 26.8 Å². The molecule has 1 heterocycles. The van der Waals surface area contributed by atoms with Gasteiger partial charge in [0.15, 0.2) is 0 Å². The number of ether oxygens (including phenoxy) is 1. The summed E-state index contributed by atoms with van der Waals surface area (Å²) >= 11 is 3.40. The standard InChI is InChI=1S/C18H21BrF2N2O2/c1-12-10-16(18(24)22(8-9-25-3)11-17(20)21)13(2)23(12)15-6-4-14(19)5-7-15/h4-7,10,17H,8-9,11H2,1-3H3. The Hall–Kier alpha value is -1.73. The molecule has 0 saturated carbocycles. The number of aromatic nitrogens is 1. The van der Waals surface area contributed by atoms with Gasteiger partial charge in [-0.3, -0.25) is 4.79 Å². The van der Waals surface area contributed by atoms with Crippen molar-refractivity contribution >= 4 is 21.8 Å². The minimum absolute atomic E-state index is 0.127. The van der Waals surface area contributed by atoms with Crippen molar-refractivity contribution < 1.29 is 18.3 Å². The first-order valence-electron chi connectivity index (χ1n) is 7.86. The Morgan fingerprint density at radius 2 is 1.92 bits per heavy atom. The third-order valence-electron chi connectivity index (χ3n) is 3.96. The van der Waals surface area contributed by atoms with E-state index in [9.17, 15) is 13.6 Å². The highest BCUT2D eigenvalue weighted by Gasteiger charge is 2.24. The van der Waals surface area contributed by atoms with Crippen molar-refractivity contribution in [1.82, 2.24) is 9.47 Å². The summed E-state index contributed by atoms with van der Waals surface area (Å²) in [6, 6.07) is 9.43. The molecule has 0 aliphatic rings. The zero-order valence-electron chi connectivity index (χ0n) is 14.4. The zero-order chi connectivity index (χ0) is 18.6. The largest absolute Gasteiger partial charge is 0.383 e. The van der Waals surface area contributed by atoms with Gasteiger partial charge in [-0.05, 0) is 44.2 Å². The molecule has 0 radical (unpaired) electrons. The lowest BCUT2D eigenvalue weighted by atomic mass is 10.2. The molecule has 0 atom stereocenters. The van der Waals surface area contributed by atoms with Gasteiger partial charge in [-0.15, -0.1) is 0 Å². The van der Waals surface area contributed by atoms with Crippen molar-refractivity contribution in [1.29, 1.82) is 0 Å². The molecule has 2 rings (SSSR count). The van der Waals surface area contributed by atoms with E-state index in [0.717, 1.165) is 26.4 Å². The maximum atomic E-state index is 12.8. The summed E-state index contributed by atoms with van der Waals surface area (Å²) in [7, 11) is 1.48. The van der Waals surface area contributed by atoms with Crippen molar-refractivity contribution in [2.45, 2.75) is 20.3 Å². The number of carbonyl (C=O) groups is 1. The van der Waals surface area contributed by atoms with E-state index >= 15 is 0 Å². The molecule has 1 amide bonds. The van der Waals surface area contributed by atoms with Crippen LogP contribution in [0, 0.1) is 13.8 Å². The number of carbonyl (C=O) groups excluding carboxylic acids is 1. The fourth-order valence-corrected chi connectivity index (χ4v) is 3.05. The lowest BCUT2D eigenvalue weighted by molar-refractivity contribution is 0.0477. The Bertz CT molecular complexity index is 729. The van der Waals surface area contributed by atoms with Crippen molar-refractivity contribution in [3.63, 3.8) is 0 Å². The van der Waals surface area contributed by atoms with Gasteiger partial charge in [0.2, 0.25) is 0 Å². The Morgan fingerprint density at radius 1 is 1.28 bits per heavy atom. The molecule has 0 unspecified atom stereocenters. The minimum Gasteiger partial charge on any atom is -0.383 e.